The van der Waals surface area contributed by atoms with Crippen molar-refractivity contribution in [2.24, 2.45) is 11.7 Å². The molecule has 2 rings (SSSR count). The first-order valence-electron chi connectivity index (χ1n) is 6.47. The molecule has 1 saturated heterocycles. The minimum absolute atomic E-state index is 0.0181. The highest BCUT2D eigenvalue weighted by atomic mass is 35.5. The molecule has 0 aromatic heterocycles. The molecule has 0 spiro atoms. The first kappa shape index (κ1) is 15.7. The van der Waals surface area contributed by atoms with Crippen LogP contribution in [0.4, 0.5) is 4.39 Å². The molecule has 7 heteroatoms. The fourth-order valence-electron chi connectivity index (χ4n) is 2.37. The average Bonchev–Trinajstić information content (AvgIpc) is 2.84. The molecule has 0 bridgehead atoms. The summed E-state index contributed by atoms with van der Waals surface area (Å²) in [4.78, 5) is 0. The Morgan fingerprint density at radius 3 is 2.80 bits per heavy atom. The highest BCUT2D eigenvalue weighted by molar-refractivity contribution is 7.88. The molecule has 4 nitrogen and oxygen atoms in total. The summed E-state index contributed by atoms with van der Waals surface area (Å²) in [6, 6.07) is 3.96. The fourth-order valence-corrected chi connectivity index (χ4v) is 4.16. The summed E-state index contributed by atoms with van der Waals surface area (Å²) in [5.74, 6) is -0.522. The Hall–Kier alpha value is -0.690. The van der Waals surface area contributed by atoms with Gasteiger partial charge in [0.1, 0.15) is 5.82 Å². The minimum Gasteiger partial charge on any atom is -0.328 e. The van der Waals surface area contributed by atoms with Crippen molar-refractivity contribution in [3.05, 3.63) is 34.6 Å². The maximum absolute atomic E-state index is 13.1. The summed E-state index contributed by atoms with van der Waals surface area (Å²) < 4.78 is 39.2. The highest BCUT2D eigenvalue weighted by Crippen LogP contribution is 2.24. The molecule has 1 heterocycles. The van der Waals surface area contributed by atoms with E-state index < -0.39 is 15.8 Å². The van der Waals surface area contributed by atoms with Crippen LogP contribution in [0.5, 0.6) is 0 Å². The van der Waals surface area contributed by atoms with Crippen LogP contribution in [0.1, 0.15) is 18.9 Å². The molecule has 0 aliphatic carbocycles. The van der Waals surface area contributed by atoms with Gasteiger partial charge in [-0.3, -0.25) is 0 Å². The predicted molar refractivity (Wildman–Crippen MR) is 77.4 cm³/mol. The molecule has 1 aromatic rings. The van der Waals surface area contributed by atoms with Crippen molar-refractivity contribution in [1.29, 1.82) is 0 Å². The fraction of sp³-hybridized carbons (Fsp3) is 0.538. The lowest BCUT2D eigenvalue weighted by Gasteiger charge is -2.18. The smallest absolute Gasteiger partial charge is 0.218 e. The number of sulfonamides is 1. The quantitative estimate of drug-likeness (QED) is 0.922. The van der Waals surface area contributed by atoms with Crippen molar-refractivity contribution in [1.82, 2.24) is 4.31 Å². The van der Waals surface area contributed by atoms with E-state index in [-0.39, 0.29) is 22.7 Å². The lowest BCUT2D eigenvalue weighted by Crippen LogP contribution is -2.33. The summed E-state index contributed by atoms with van der Waals surface area (Å²) in [5.41, 5.74) is 6.30. The van der Waals surface area contributed by atoms with Crippen LogP contribution in [0.3, 0.4) is 0 Å². The third-order valence-corrected chi connectivity index (χ3v) is 5.76. The van der Waals surface area contributed by atoms with Gasteiger partial charge in [-0.25, -0.2) is 17.1 Å². The number of halogens is 2. The lowest BCUT2D eigenvalue weighted by molar-refractivity contribution is 0.428. The normalized spacial score (nSPS) is 22.1. The summed E-state index contributed by atoms with van der Waals surface area (Å²) in [6.07, 6.45) is 0.779. The molecule has 112 valence electrons. The van der Waals surface area contributed by atoms with Gasteiger partial charge in [-0.2, -0.15) is 0 Å². The molecule has 1 aliphatic rings. The van der Waals surface area contributed by atoms with E-state index >= 15 is 0 Å². The summed E-state index contributed by atoms with van der Waals surface area (Å²) in [5, 5.41) is -0.0624. The van der Waals surface area contributed by atoms with Gasteiger partial charge in [0.05, 0.1) is 10.8 Å². The number of nitrogens with two attached hydrogens (primary N) is 1. The molecule has 2 unspecified atom stereocenters. The van der Waals surface area contributed by atoms with Crippen LogP contribution in [0.25, 0.3) is 0 Å². The predicted octanol–water partition coefficient (Wildman–Crippen LogP) is 1.98. The molecule has 1 aromatic carbocycles. The topological polar surface area (TPSA) is 63.4 Å². The Balaban J connectivity index is 2.10. The number of hydrogen-bond acceptors (Lipinski definition) is 3. The van der Waals surface area contributed by atoms with Crippen LogP contribution in [-0.2, 0) is 15.8 Å². The Morgan fingerprint density at radius 2 is 2.25 bits per heavy atom. The SMILES string of the molecule is CC(N)C1CCN(S(=O)(=O)Cc2ccc(F)c(Cl)c2)C1. The summed E-state index contributed by atoms with van der Waals surface area (Å²) >= 11 is 5.67. The third-order valence-electron chi connectivity index (χ3n) is 3.66. The van der Waals surface area contributed by atoms with Gasteiger partial charge in [-0.05, 0) is 37.0 Å². The molecule has 1 aliphatic heterocycles. The zero-order valence-electron chi connectivity index (χ0n) is 11.2. The summed E-state index contributed by atoms with van der Waals surface area (Å²) in [7, 11) is -3.41. The van der Waals surface area contributed by atoms with E-state index in [0.29, 0.717) is 18.7 Å². The van der Waals surface area contributed by atoms with E-state index in [9.17, 15) is 12.8 Å². The first-order chi connectivity index (χ1) is 9.29. The van der Waals surface area contributed by atoms with Crippen molar-refractivity contribution in [3.8, 4) is 0 Å². The monoisotopic (exact) mass is 320 g/mol. The molecule has 2 atom stereocenters. The molecule has 20 heavy (non-hydrogen) atoms. The van der Waals surface area contributed by atoms with Gasteiger partial charge >= 0.3 is 0 Å². The largest absolute Gasteiger partial charge is 0.328 e. The van der Waals surface area contributed by atoms with Crippen LogP contribution >= 0.6 is 11.6 Å². The van der Waals surface area contributed by atoms with Gasteiger partial charge in [0.2, 0.25) is 10.0 Å². The second-order valence-electron chi connectivity index (χ2n) is 5.27. The summed E-state index contributed by atoms with van der Waals surface area (Å²) in [6.45, 7) is 2.83. The van der Waals surface area contributed by atoms with Crippen LogP contribution in [-0.4, -0.2) is 31.9 Å². The second kappa shape index (κ2) is 5.97. The van der Waals surface area contributed by atoms with E-state index in [0.717, 1.165) is 6.42 Å². The molecule has 2 N–H and O–H groups in total. The Kier molecular flexibility index (Phi) is 4.69. The van der Waals surface area contributed by atoms with E-state index in [1.165, 1.54) is 22.5 Å². The molecule has 1 fully saturated rings. The maximum Gasteiger partial charge on any atom is 0.218 e. The van der Waals surface area contributed by atoms with Crippen LogP contribution in [0, 0.1) is 11.7 Å². The van der Waals surface area contributed by atoms with Crippen LogP contribution in [0.2, 0.25) is 5.02 Å². The van der Waals surface area contributed by atoms with E-state index in [4.69, 9.17) is 17.3 Å². The van der Waals surface area contributed by atoms with E-state index in [2.05, 4.69) is 0 Å². The van der Waals surface area contributed by atoms with Gasteiger partial charge in [0, 0.05) is 19.1 Å². The Bertz CT molecular complexity index is 592. The Morgan fingerprint density at radius 1 is 1.55 bits per heavy atom. The third kappa shape index (κ3) is 3.49. The number of hydrogen-bond donors (Lipinski definition) is 1. The first-order valence-corrected chi connectivity index (χ1v) is 8.45. The van der Waals surface area contributed by atoms with Crippen molar-refractivity contribution in [3.63, 3.8) is 0 Å². The standard InChI is InChI=1S/C13H18ClFN2O2S/c1-9(16)11-4-5-17(7-11)20(18,19)8-10-2-3-13(15)12(14)6-10/h2-3,6,9,11H,4-5,7-8,16H2,1H3. The number of rotatable bonds is 4. The van der Waals surface area contributed by atoms with Gasteiger partial charge < -0.3 is 5.73 Å². The maximum atomic E-state index is 13.1. The zero-order valence-corrected chi connectivity index (χ0v) is 12.8. The minimum atomic E-state index is -3.41. The van der Waals surface area contributed by atoms with Gasteiger partial charge in [0.25, 0.3) is 0 Å². The van der Waals surface area contributed by atoms with E-state index in [1.54, 1.807) is 0 Å². The Labute approximate surface area is 123 Å². The van der Waals surface area contributed by atoms with Gasteiger partial charge in [0.15, 0.2) is 0 Å². The zero-order chi connectivity index (χ0) is 14.9. The second-order valence-corrected chi connectivity index (χ2v) is 7.65. The van der Waals surface area contributed by atoms with Crippen molar-refractivity contribution in [2.45, 2.75) is 25.1 Å². The van der Waals surface area contributed by atoms with Gasteiger partial charge in [-0.15, -0.1) is 0 Å². The van der Waals surface area contributed by atoms with Gasteiger partial charge in [-0.1, -0.05) is 17.7 Å². The van der Waals surface area contributed by atoms with E-state index in [1.807, 2.05) is 6.92 Å². The number of benzene rings is 1. The number of nitrogens with zero attached hydrogens (tertiary/aromatic N) is 1. The molecule has 0 radical (unpaired) electrons. The highest BCUT2D eigenvalue weighted by Gasteiger charge is 2.32. The van der Waals surface area contributed by atoms with Crippen LogP contribution < -0.4 is 5.73 Å². The molecule has 0 amide bonds. The lowest BCUT2D eigenvalue weighted by atomic mass is 10.0. The van der Waals surface area contributed by atoms with Crippen molar-refractivity contribution >= 4 is 21.6 Å². The molecular weight excluding hydrogens is 303 g/mol. The van der Waals surface area contributed by atoms with Crippen molar-refractivity contribution < 1.29 is 12.8 Å². The van der Waals surface area contributed by atoms with Crippen molar-refractivity contribution in [2.75, 3.05) is 13.1 Å². The average molecular weight is 321 g/mol. The molecular formula is C13H18ClFN2O2S. The van der Waals surface area contributed by atoms with Crippen LogP contribution in [0.15, 0.2) is 18.2 Å². The molecule has 0 saturated carbocycles.